The molecule has 1 saturated heterocycles. The molecule has 12 nitrogen and oxygen atoms in total. The number of ether oxygens (including phenoxy) is 4. The number of likely N-dealkylation sites (N-methyl/N-ethyl adjacent to an activating group) is 1. The maximum atomic E-state index is 13.1. The number of furan rings is 1. The second-order valence-corrected chi connectivity index (χ2v) is 12.9. The van der Waals surface area contributed by atoms with Crippen LogP contribution in [-0.4, -0.2) is 102 Å². The van der Waals surface area contributed by atoms with Gasteiger partial charge in [0.15, 0.2) is 22.9 Å². The molecule has 1 amide bonds. The second kappa shape index (κ2) is 15.5. The van der Waals surface area contributed by atoms with Crippen molar-refractivity contribution in [3.63, 3.8) is 0 Å². The van der Waals surface area contributed by atoms with Crippen LogP contribution in [-0.2, 0) is 0 Å². The third-order valence-electron chi connectivity index (χ3n) is 6.97. The molecule has 13 heteroatoms. The zero-order chi connectivity index (χ0) is 31.6. The number of carbonyl (C=O) groups is 1. The molecule has 1 fully saturated rings. The first kappa shape index (κ1) is 32.7. The first-order chi connectivity index (χ1) is 21.2. The average molecular weight is 622 g/mol. The lowest BCUT2D eigenvalue weighted by atomic mass is 10.1. The molecule has 1 aliphatic heterocycles. The van der Waals surface area contributed by atoms with Gasteiger partial charge in [0, 0.05) is 50.4 Å². The van der Waals surface area contributed by atoms with Gasteiger partial charge in [-0.3, -0.25) is 4.79 Å². The van der Waals surface area contributed by atoms with Gasteiger partial charge in [0.25, 0.3) is 11.9 Å². The number of nitrogens with zero attached hydrogens (tertiary/aromatic N) is 4. The van der Waals surface area contributed by atoms with Gasteiger partial charge in [-0.15, -0.1) is 0 Å². The molecule has 3 aromatic rings. The molecule has 1 aromatic carbocycles. The monoisotopic (exact) mass is 621 g/mol. The van der Waals surface area contributed by atoms with E-state index in [2.05, 4.69) is 62.0 Å². The quantitative estimate of drug-likeness (QED) is 0.172. The predicted octanol–water partition coefficient (Wildman–Crippen LogP) is 4.14. The summed E-state index contributed by atoms with van der Waals surface area (Å²) in [5.41, 5.74) is 5.25. The maximum absolute atomic E-state index is 13.1. The third-order valence-corrected chi connectivity index (χ3v) is 7.60. The highest BCUT2D eigenvalue weighted by atomic mass is 28.3. The number of amides is 1. The zero-order valence-electron chi connectivity index (χ0n) is 26.5. The smallest absolute Gasteiger partial charge is 0.399 e. The summed E-state index contributed by atoms with van der Waals surface area (Å²) in [6, 6.07) is 6.73. The van der Waals surface area contributed by atoms with Crippen molar-refractivity contribution in [2.45, 2.75) is 26.4 Å². The molecule has 0 aliphatic carbocycles. The summed E-state index contributed by atoms with van der Waals surface area (Å²) in [6.07, 6.45) is 0.932. The molecule has 0 bridgehead atoms. The van der Waals surface area contributed by atoms with E-state index in [0.29, 0.717) is 24.0 Å². The van der Waals surface area contributed by atoms with Gasteiger partial charge in [-0.1, -0.05) is 0 Å². The lowest BCUT2D eigenvalue weighted by Gasteiger charge is -2.32. The number of anilines is 2. The molecule has 0 unspecified atom stereocenters. The van der Waals surface area contributed by atoms with Crippen molar-refractivity contribution in [1.29, 1.82) is 0 Å². The summed E-state index contributed by atoms with van der Waals surface area (Å²) in [6.45, 7) is 12.2. The normalized spacial score (nSPS) is 13.4. The van der Waals surface area contributed by atoms with Crippen LogP contribution in [0.4, 0.5) is 11.6 Å². The fourth-order valence-electron chi connectivity index (χ4n) is 4.48. The Kier molecular flexibility index (Phi) is 11.5. The van der Waals surface area contributed by atoms with Crippen molar-refractivity contribution < 1.29 is 28.2 Å². The molecule has 44 heavy (non-hydrogen) atoms. The van der Waals surface area contributed by atoms with Crippen LogP contribution in [0.3, 0.4) is 0 Å². The van der Waals surface area contributed by atoms with Crippen molar-refractivity contribution in [1.82, 2.24) is 19.8 Å². The van der Waals surface area contributed by atoms with Gasteiger partial charge in [-0.05, 0) is 50.6 Å². The van der Waals surface area contributed by atoms with Gasteiger partial charge in [0.1, 0.15) is 0 Å². The van der Waals surface area contributed by atoms with Crippen molar-refractivity contribution in [3.8, 4) is 40.7 Å². The molecule has 234 valence electrons. The van der Waals surface area contributed by atoms with Crippen molar-refractivity contribution in [3.05, 3.63) is 41.2 Å². The molecule has 4 rings (SSSR count). The highest BCUT2D eigenvalue weighted by Crippen LogP contribution is 2.36. The van der Waals surface area contributed by atoms with E-state index in [1.54, 1.807) is 13.2 Å². The van der Waals surface area contributed by atoms with Crippen LogP contribution in [0.5, 0.6) is 29.2 Å². The molecule has 0 saturated carbocycles. The highest BCUT2D eigenvalue weighted by Gasteiger charge is 2.22. The minimum atomic E-state index is -0.690. The lowest BCUT2D eigenvalue weighted by molar-refractivity contribution is 0.0990. The fourth-order valence-corrected chi connectivity index (χ4v) is 4.87. The van der Waals surface area contributed by atoms with E-state index >= 15 is 0 Å². The molecule has 0 radical (unpaired) electrons. The van der Waals surface area contributed by atoms with Crippen LogP contribution in [0.25, 0.3) is 0 Å². The number of aryl methyl sites for hydroxylation is 1. The van der Waals surface area contributed by atoms with Crippen LogP contribution < -0.4 is 29.6 Å². The Balaban J connectivity index is 1.40. The standard InChI is InChI=1S/C31H40N6O6Si/c1-21-19-25(24(39-3)20-22(21)11-18-44(6)7)43-26-10-9-23(42-26)28(38)33-27-29(40-4)34-31(35-30(27)41-5)32-12-8-13-37-16-14-36(2)15-17-37/h9-10,19-20H,8,12-17H2,1-7H3,(H-,32,33,34,35,38)/p+1. The van der Waals surface area contributed by atoms with Crippen LogP contribution in [0, 0.1) is 18.4 Å². The van der Waals surface area contributed by atoms with Gasteiger partial charge >= 0.3 is 8.80 Å². The number of piperazine rings is 1. The summed E-state index contributed by atoms with van der Waals surface area (Å²) in [5, 5.41) is 5.96. The first-order valence-electron chi connectivity index (χ1n) is 14.4. The number of benzene rings is 1. The summed E-state index contributed by atoms with van der Waals surface area (Å²) >= 11 is 0. The van der Waals surface area contributed by atoms with Crippen molar-refractivity contribution in [2.24, 2.45) is 0 Å². The Morgan fingerprint density at radius 1 is 1.02 bits per heavy atom. The number of nitrogens with one attached hydrogen (secondary N) is 2. The predicted molar refractivity (Wildman–Crippen MR) is 171 cm³/mol. The number of rotatable bonds is 12. The first-order valence-corrected chi connectivity index (χ1v) is 16.9. The van der Waals surface area contributed by atoms with Gasteiger partial charge in [0.05, 0.1) is 40.0 Å². The van der Waals surface area contributed by atoms with Gasteiger partial charge < -0.3 is 43.8 Å². The summed E-state index contributed by atoms with van der Waals surface area (Å²) in [7, 11) is 5.94. The minimum absolute atomic E-state index is 0.00830. The zero-order valence-corrected chi connectivity index (χ0v) is 27.5. The Morgan fingerprint density at radius 2 is 1.73 bits per heavy atom. The van der Waals surface area contributed by atoms with Crippen molar-refractivity contribution in [2.75, 3.05) is 78.3 Å². The van der Waals surface area contributed by atoms with Crippen LogP contribution in [0.1, 0.15) is 28.1 Å². The second-order valence-electron chi connectivity index (χ2n) is 10.6. The van der Waals surface area contributed by atoms with E-state index in [-0.39, 0.29) is 29.2 Å². The van der Waals surface area contributed by atoms with Crippen LogP contribution >= 0.6 is 0 Å². The lowest BCUT2D eigenvalue weighted by Crippen LogP contribution is -2.44. The topological polar surface area (TPSA) is 123 Å². The minimum Gasteiger partial charge on any atom is -0.493 e. The molecule has 1 aliphatic rings. The Morgan fingerprint density at radius 3 is 2.36 bits per heavy atom. The van der Waals surface area contributed by atoms with E-state index in [1.807, 2.05) is 19.1 Å². The molecule has 0 atom stereocenters. The maximum Gasteiger partial charge on any atom is 0.399 e. The van der Waals surface area contributed by atoms with E-state index < -0.39 is 14.7 Å². The summed E-state index contributed by atoms with van der Waals surface area (Å²) < 4.78 is 28.1. The van der Waals surface area contributed by atoms with Gasteiger partial charge in [-0.25, -0.2) is 0 Å². The van der Waals surface area contributed by atoms with Crippen LogP contribution in [0.2, 0.25) is 13.1 Å². The SMILES string of the molecule is COc1cc(C#C[Si+](C)C)c(C)cc1Oc1ccc(C(=O)Nc2c(OC)nc(NCCCN3CCN(C)CC3)nc2OC)o1. The molecule has 2 aromatic heterocycles. The fraction of sp³-hybridized carbons (Fsp3) is 0.452. The molecule has 0 spiro atoms. The van der Waals surface area contributed by atoms with E-state index in [0.717, 1.165) is 50.3 Å². The summed E-state index contributed by atoms with van der Waals surface area (Å²) in [5.74, 6) is 4.37. The van der Waals surface area contributed by atoms with E-state index in [9.17, 15) is 4.79 Å². The van der Waals surface area contributed by atoms with E-state index in [4.69, 9.17) is 23.4 Å². The Bertz CT molecular complexity index is 1470. The van der Waals surface area contributed by atoms with Gasteiger partial charge in [-0.2, -0.15) is 9.97 Å². The Hall–Kier alpha value is -4.25. The number of hydrogen-bond donors (Lipinski definition) is 2. The Labute approximate surface area is 260 Å². The number of methoxy groups -OCH3 is 3. The van der Waals surface area contributed by atoms with Gasteiger partial charge in [0.2, 0.25) is 17.7 Å². The third kappa shape index (κ3) is 8.65. The summed E-state index contributed by atoms with van der Waals surface area (Å²) in [4.78, 5) is 26.8. The van der Waals surface area contributed by atoms with E-state index in [1.165, 1.54) is 20.3 Å². The van der Waals surface area contributed by atoms with Crippen LogP contribution in [0.15, 0.2) is 28.7 Å². The molecular formula is C31H41N6O6Si+. The highest BCUT2D eigenvalue weighted by molar-refractivity contribution is 6.64. The number of carbonyl (C=O) groups excluding carboxylic acids is 1. The molecule has 3 heterocycles. The molecular weight excluding hydrogens is 580 g/mol. The van der Waals surface area contributed by atoms with Crippen molar-refractivity contribution >= 4 is 26.3 Å². The molecule has 2 N–H and O–H groups in total. The average Bonchev–Trinajstić information content (AvgIpc) is 3.48. The number of aromatic nitrogens is 2. The number of hydrogen-bond acceptors (Lipinski definition) is 11. The largest absolute Gasteiger partial charge is 0.493 e.